The molecule has 1 aliphatic carbocycles. The molecular weight excluding hydrogens is 437 g/mol. The Labute approximate surface area is 177 Å². The van der Waals surface area contributed by atoms with Crippen molar-refractivity contribution >= 4 is 22.0 Å². The molecule has 2 saturated heterocycles. The molecular formula is C19H23F3N4O4S. The van der Waals surface area contributed by atoms with E-state index in [0.717, 1.165) is 18.2 Å². The third-order valence-electron chi connectivity index (χ3n) is 6.35. The zero-order chi connectivity index (χ0) is 22.6. The Balaban J connectivity index is 1.31. The van der Waals surface area contributed by atoms with Crippen molar-refractivity contribution in [2.75, 3.05) is 26.2 Å². The van der Waals surface area contributed by atoms with Crippen LogP contribution in [0.25, 0.3) is 0 Å². The van der Waals surface area contributed by atoms with Gasteiger partial charge in [0.2, 0.25) is 15.9 Å². The molecule has 0 aromatic heterocycles. The largest absolute Gasteiger partial charge is 0.417 e. The number of hydrogen-bond donors (Lipinski definition) is 2. The number of alkyl halides is 3. The second-order valence-electron chi connectivity index (χ2n) is 8.69. The summed E-state index contributed by atoms with van der Waals surface area (Å²) in [4.78, 5) is 26.2. The van der Waals surface area contributed by atoms with Crippen molar-refractivity contribution in [2.45, 2.75) is 36.4 Å². The maximum absolute atomic E-state index is 13.2. The van der Waals surface area contributed by atoms with Gasteiger partial charge in [-0.05, 0) is 31.4 Å². The van der Waals surface area contributed by atoms with Gasteiger partial charge in [-0.1, -0.05) is 12.1 Å². The molecule has 0 radical (unpaired) electrons. The van der Waals surface area contributed by atoms with Gasteiger partial charge >= 0.3 is 12.2 Å². The van der Waals surface area contributed by atoms with Gasteiger partial charge < -0.3 is 15.5 Å². The number of benzene rings is 1. The van der Waals surface area contributed by atoms with Gasteiger partial charge in [0.15, 0.2) is 0 Å². The van der Waals surface area contributed by atoms with Crippen molar-refractivity contribution in [3.63, 3.8) is 0 Å². The van der Waals surface area contributed by atoms with Crippen LogP contribution < -0.4 is 10.5 Å². The van der Waals surface area contributed by atoms with Crippen LogP contribution in [-0.2, 0) is 21.0 Å². The molecule has 4 rings (SSSR count). The number of primary amides is 1. The quantitative estimate of drug-likeness (QED) is 0.707. The van der Waals surface area contributed by atoms with Gasteiger partial charge in [0.25, 0.3) is 0 Å². The van der Waals surface area contributed by atoms with Gasteiger partial charge in [-0.2, -0.15) is 13.2 Å². The molecule has 3 N–H and O–H groups in total. The topological polar surface area (TPSA) is 113 Å². The molecule has 3 amide bonds. The van der Waals surface area contributed by atoms with E-state index in [4.69, 9.17) is 5.73 Å². The summed E-state index contributed by atoms with van der Waals surface area (Å²) in [6, 6.07) is 3.44. The van der Waals surface area contributed by atoms with Crippen LogP contribution in [0, 0.1) is 11.3 Å². The molecule has 170 valence electrons. The first kappa shape index (κ1) is 21.9. The molecule has 1 spiro atoms. The first-order valence-corrected chi connectivity index (χ1v) is 11.4. The zero-order valence-corrected chi connectivity index (χ0v) is 17.4. The molecule has 2 heterocycles. The number of hydrogen-bond acceptors (Lipinski definition) is 4. The molecule has 1 aromatic carbocycles. The lowest BCUT2D eigenvalue weighted by Gasteiger charge is -2.59. The smallest absolute Gasteiger partial charge is 0.369 e. The number of carbonyl (C=O) groups excluding carboxylic acids is 2. The molecule has 31 heavy (non-hydrogen) atoms. The van der Waals surface area contributed by atoms with Gasteiger partial charge in [0.05, 0.1) is 16.4 Å². The highest BCUT2D eigenvalue weighted by atomic mass is 32.2. The van der Waals surface area contributed by atoms with Crippen LogP contribution in [0.15, 0.2) is 29.2 Å². The lowest BCUT2D eigenvalue weighted by atomic mass is 9.61. The third-order valence-corrected chi connectivity index (χ3v) is 7.93. The van der Waals surface area contributed by atoms with E-state index in [1.54, 1.807) is 9.80 Å². The number of rotatable bonds is 4. The average Bonchev–Trinajstić information content (AvgIpc) is 3.12. The van der Waals surface area contributed by atoms with Gasteiger partial charge in [-0.25, -0.2) is 17.9 Å². The predicted molar refractivity (Wildman–Crippen MR) is 103 cm³/mol. The molecule has 0 bridgehead atoms. The summed E-state index contributed by atoms with van der Waals surface area (Å²) in [7, 11) is -4.33. The minimum absolute atomic E-state index is 0.169. The van der Waals surface area contributed by atoms with Crippen LogP contribution in [0.4, 0.5) is 18.0 Å². The van der Waals surface area contributed by atoms with E-state index in [1.807, 2.05) is 0 Å². The minimum Gasteiger partial charge on any atom is -0.369 e. The number of urea groups is 1. The Hall–Kier alpha value is -2.34. The number of sulfonamides is 1. The van der Waals surface area contributed by atoms with E-state index in [1.165, 1.54) is 6.07 Å². The Morgan fingerprint density at radius 1 is 1.13 bits per heavy atom. The second kappa shape index (κ2) is 7.37. The fourth-order valence-electron chi connectivity index (χ4n) is 4.81. The summed E-state index contributed by atoms with van der Waals surface area (Å²) < 4.78 is 66.9. The Morgan fingerprint density at radius 2 is 1.77 bits per heavy atom. The zero-order valence-electron chi connectivity index (χ0n) is 16.6. The first-order chi connectivity index (χ1) is 14.4. The normalized spacial score (nSPS) is 23.5. The Kier molecular flexibility index (Phi) is 5.20. The SMILES string of the molecule is NC(=O)[C@H]1CCN(C(=O)N2CC3(CC(NS(=O)(=O)c4ccccc4C(F)(F)F)C3)C2)C1. The number of likely N-dealkylation sites (tertiary alicyclic amines) is 2. The van der Waals surface area contributed by atoms with Crippen LogP contribution in [-0.4, -0.2) is 62.4 Å². The molecule has 1 aromatic rings. The molecule has 1 saturated carbocycles. The summed E-state index contributed by atoms with van der Waals surface area (Å²) in [6.07, 6.45) is -3.32. The summed E-state index contributed by atoms with van der Waals surface area (Å²) in [6.45, 7) is 1.69. The maximum Gasteiger partial charge on any atom is 0.417 e. The second-order valence-corrected chi connectivity index (χ2v) is 10.4. The van der Waals surface area contributed by atoms with Crippen LogP contribution >= 0.6 is 0 Å². The highest BCUT2D eigenvalue weighted by molar-refractivity contribution is 7.89. The number of nitrogens with two attached hydrogens (primary N) is 1. The highest BCUT2D eigenvalue weighted by Gasteiger charge is 2.55. The molecule has 8 nitrogen and oxygen atoms in total. The van der Waals surface area contributed by atoms with Crippen LogP contribution in [0.2, 0.25) is 0 Å². The maximum atomic E-state index is 13.2. The number of nitrogens with zero attached hydrogens (tertiary/aromatic N) is 2. The number of amides is 3. The number of nitrogens with one attached hydrogen (secondary N) is 1. The molecule has 12 heteroatoms. The van der Waals surface area contributed by atoms with Crippen LogP contribution in [0.5, 0.6) is 0 Å². The van der Waals surface area contributed by atoms with Gasteiger partial charge in [0, 0.05) is 37.6 Å². The standard InChI is InChI=1S/C19H23F3N4O4S/c20-19(21,22)14-3-1-2-4-15(14)31(29,30)24-13-7-18(8-13)10-26(11-18)17(28)25-6-5-12(9-25)16(23)27/h1-4,12-13,24H,5-11H2,(H2,23,27)/t12-/m0/s1. The number of halogens is 3. The van der Waals surface area contributed by atoms with Gasteiger partial charge in [-0.3, -0.25) is 4.79 Å². The lowest BCUT2D eigenvalue weighted by molar-refractivity contribution is -0.139. The fourth-order valence-corrected chi connectivity index (χ4v) is 6.27. The molecule has 3 aliphatic rings. The van der Waals surface area contributed by atoms with E-state index in [9.17, 15) is 31.2 Å². The monoisotopic (exact) mass is 460 g/mol. The Morgan fingerprint density at radius 3 is 2.35 bits per heavy atom. The summed E-state index contributed by atoms with van der Waals surface area (Å²) in [5.74, 6) is -0.752. The first-order valence-electron chi connectivity index (χ1n) is 9.92. The van der Waals surface area contributed by atoms with Crippen molar-refractivity contribution in [1.82, 2.24) is 14.5 Å². The van der Waals surface area contributed by atoms with Crippen LogP contribution in [0.1, 0.15) is 24.8 Å². The molecule has 0 unspecified atom stereocenters. The summed E-state index contributed by atoms with van der Waals surface area (Å²) >= 11 is 0. The van der Waals surface area contributed by atoms with Crippen molar-refractivity contribution in [1.29, 1.82) is 0 Å². The van der Waals surface area contributed by atoms with E-state index < -0.39 is 38.6 Å². The summed E-state index contributed by atoms with van der Waals surface area (Å²) in [5.41, 5.74) is 3.88. The fraction of sp³-hybridized carbons (Fsp3) is 0.579. The minimum atomic E-state index is -4.77. The van der Waals surface area contributed by atoms with Gasteiger partial charge in [-0.15, -0.1) is 0 Å². The van der Waals surface area contributed by atoms with E-state index in [2.05, 4.69) is 4.72 Å². The molecule has 2 aliphatic heterocycles. The van der Waals surface area contributed by atoms with Crippen molar-refractivity contribution in [2.24, 2.45) is 17.1 Å². The van der Waals surface area contributed by atoms with Gasteiger partial charge in [0.1, 0.15) is 0 Å². The molecule has 1 atom stereocenters. The van der Waals surface area contributed by atoms with Crippen molar-refractivity contribution in [3.8, 4) is 0 Å². The lowest BCUT2D eigenvalue weighted by Crippen LogP contribution is -2.68. The Bertz CT molecular complexity index is 1000. The third kappa shape index (κ3) is 4.10. The van der Waals surface area contributed by atoms with Crippen molar-refractivity contribution in [3.05, 3.63) is 29.8 Å². The highest BCUT2D eigenvalue weighted by Crippen LogP contribution is 2.49. The van der Waals surface area contributed by atoms with E-state index >= 15 is 0 Å². The summed E-state index contributed by atoms with van der Waals surface area (Å²) in [5, 5.41) is 0. The van der Waals surface area contributed by atoms with E-state index in [-0.39, 0.29) is 17.4 Å². The number of carbonyl (C=O) groups is 2. The van der Waals surface area contributed by atoms with E-state index in [0.29, 0.717) is 45.4 Å². The molecule has 3 fully saturated rings. The van der Waals surface area contributed by atoms with Crippen LogP contribution in [0.3, 0.4) is 0 Å². The predicted octanol–water partition coefficient (Wildman–Crippen LogP) is 1.38. The average molecular weight is 460 g/mol. The van der Waals surface area contributed by atoms with Crippen molar-refractivity contribution < 1.29 is 31.2 Å².